The summed E-state index contributed by atoms with van der Waals surface area (Å²) in [5, 5.41) is 0.761. The van der Waals surface area contributed by atoms with Crippen molar-refractivity contribution in [3.8, 4) is 0 Å². The van der Waals surface area contributed by atoms with Crippen LogP contribution in [-0.4, -0.2) is 11.0 Å². The summed E-state index contributed by atoms with van der Waals surface area (Å²) in [6.45, 7) is 0. The first-order valence-electron chi connectivity index (χ1n) is 6.09. The van der Waals surface area contributed by atoms with Crippen LogP contribution in [0.1, 0.15) is 11.1 Å². The fraction of sp³-hybridized carbons (Fsp3) is 0.214. The number of benzene rings is 1. The van der Waals surface area contributed by atoms with Gasteiger partial charge in [0.2, 0.25) is 0 Å². The number of hydrogen-bond acceptors (Lipinski definition) is 4. The van der Waals surface area contributed by atoms with Gasteiger partial charge in [0.1, 0.15) is 5.82 Å². The van der Waals surface area contributed by atoms with Crippen LogP contribution in [0.15, 0.2) is 42.6 Å². The number of pyridine rings is 1. The highest BCUT2D eigenvalue weighted by Gasteiger charge is 2.11. The molecule has 5 heteroatoms. The zero-order valence-electron chi connectivity index (χ0n) is 10.5. The Morgan fingerprint density at radius 1 is 1.21 bits per heavy atom. The van der Waals surface area contributed by atoms with E-state index >= 15 is 0 Å². The lowest BCUT2D eigenvalue weighted by Crippen LogP contribution is -2.38. The van der Waals surface area contributed by atoms with E-state index in [0.717, 1.165) is 29.0 Å². The van der Waals surface area contributed by atoms with Crippen molar-refractivity contribution >= 4 is 17.4 Å². The molecule has 1 heterocycles. The molecule has 0 saturated heterocycles. The molecule has 5 N–H and O–H groups in total. The number of hydrazine groups is 1. The SMILES string of the molecule is NNC(Cc1ccnc(N)c1)Cc1ccccc1Cl. The predicted molar refractivity (Wildman–Crippen MR) is 78.6 cm³/mol. The number of rotatable bonds is 5. The van der Waals surface area contributed by atoms with Crippen LogP contribution in [0.4, 0.5) is 5.82 Å². The summed E-state index contributed by atoms with van der Waals surface area (Å²) in [7, 11) is 0. The van der Waals surface area contributed by atoms with Crippen LogP contribution in [-0.2, 0) is 12.8 Å². The van der Waals surface area contributed by atoms with Crippen LogP contribution in [0.5, 0.6) is 0 Å². The van der Waals surface area contributed by atoms with E-state index in [1.165, 1.54) is 0 Å². The second kappa shape index (κ2) is 6.52. The fourth-order valence-corrected chi connectivity index (χ4v) is 2.24. The van der Waals surface area contributed by atoms with Crippen LogP contribution in [0.3, 0.4) is 0 Å². The van der Waals surface area contributed by atoms with Gasteiger partial charge in [0.05, 0.1) is 0 Å². The molecule has 19 heavy (non-hydrogen) atoms. The van der Waals surface area contributed by atoms with Gasteiger partial charge in [-0.1, -0.05) is 29.8 Å². The van der Waals surface area contributed by atoms with Crippen molar-refractivity contribution < 1.29 is 0 Å². The molecule has 0 aliphatic heterocycles. The minimum Gasteiger partial charge on any atom is -0.384 e. The van der Waals surface area contributed by atoms with Gasteiger partial charge in [0, 0.05) is 17.3 Å². The Kier molecular flexibility index (Phi) is 4.74. The molecule has 0 saturated carbocycles. The Bertz CT molecular complexity index is 544. The lowest BCUT2D eigenvalue weighted by Gasteiger charge is -2.17. The van der Waals surface area contributed by atoms with Crippen molar-refractivity contribution in [2.75, 3.05) is 5.73 Å². The third kappa shape index (κ3) is 3.92. The van der Waals surface area contributed by atoms with E-state index in [1.807, 2.05) is 36.4 Å². The van der Waals surface area contributed by atoms with Crippen molar-refractivity contribution in [3.05, 3.63) is 58.7 Å². The van der Waals surface area contributed by atoms with E-state index in [-0.39, 0.29) is 6.04 Å². The molecule has 0 fully saturated rings. The molecule has 2 rings (SSSR count). The Hall–Kier alpha value is -1.62. The van der Waals surface area contributed by atoms with Gasteiger partial charge in [-0.15, -0.1) is 0 Å². The van der Waals surface area contributed by atoms with Crippen molar-refractivity contribution in [2.24, 2.45) is 5.84 Å². The lowest BCUT2D eigenvalue weighted by atomic mass is 10.00. The monoisotopic (exact) mass is 276 g/mol. The summed E-state index contributed by atoms with van der Waals surface area (Å²) >= 11 is 6.15. The van der Waals surface area contributed by atoms with Crippen LogP contribution in [0.25, 0.3) is 0 Å². The third-order valence-electron chi connectivity index (χ3n) is 2.99. The third-order valence-corrected chi connectivity index (χ3v) is 3.36. The van der Waals surface area contributed by atoms with Crippen LogP contribution in [0.2, 0.25) is 5.02 Å². The smallest absolute Gasteiger partial charge is 0.123 e. The van der Waals surface area contributed by atoms with E-state index < -0.39 is 0 Å². The lowest BCUT2D eigenvalue weighted by molar-refractivity contribution is 0.522. The van der Waals surface area contributed by atoms with Gasteiger partial charge < -0.3 is 5.73 Å². The maximum Gasteiger partial charge on any atom is 0.123 e. The van der Waals surface area contributed by atoms with Gasteiger partial charge in [-0.3, -0.25) is 11.3 Å². The van der Waals surface area contributed by atoms with Gasteiger partial charge >= 0.3 is 0 Å². The summed E-state index contributed by atoms with van der Waals surface area (Å²) in [4.78, 5) is 3.98. The molecular formula is C14H17ClN4. The highest BCUT2D eigenvalue weighted by molar-refractivity contribution is 6.31. The van der Waals surface area contributed by atoms with Gasteiger partial charge in [0.25, 0.3) is 0 Å². The van der Waals surface area contributed by atoms with Crippen LogP contribution in [0, 0.1) is 0 Å². The maximum atomic E-state index is 6.15. The standard InChI is InChI=1S/C14H17ClN4/c15-13-4-2-1-3-11(13)9-12(19-17)7-10-5-6-18-14(16)8-10/h1-6,8,12,19H,7,9,17H2,(H2,16,18). The normalized spacial score (nSPS) is 12.3. The molecule has 0 spiro atoms. The number of nitrogens with one attached hydrogen (secondary N) is 1. The Morgan fingerprint density at radius 2 is 2.00 bits per heavy atom. The van der Waals surface area contributed by atoms with Crippen LogP contribution >= 0.6 is 11.6 Å². The number of nitrogens with two attached hydrogens (primary N) is 2. The van der Waals surface area contributed by atoms with Crippen molar-refractivity contribution in [1.82, 2.24) is 10.4 Å². The first kappa shape index (κ1) is 13.8. The maximum absolute atomic E-state index is 6.15. The molecular weight excluding hydrogens is 260 g/mol. The summed E-state index contributed by atoms with van der Waals surface area (Å²) in [5.41, 5.74) is 10.7. The number of nitrogen functional groups attached to an aromatic ring is 1. The summed E-state index contributed by atoms with van der Waals surface area (Å²) in [5.74, 6) is 6.14. The van der Waals surface area contributed by atoms with Gasteiger partial charge in [0.15, 0.2) is 0 Å². The van der Waals surface area contributed by atoms with Crippen molar-refractivity contribution in [3.63, 3.8) is 0 Å². The highest BCUT2D eigenvalue weighted by Crippen LogP contribution is 2.18. The quantitative estimate of drug-likeness (QED) is 0.576. The van der Waals surface area contributed by atoms with E-state index in [1.54, 1.807) is 6.20 Å². The van der Waals surface area contributed by atoms with Crippen molar-refractivity contribution in [1.29, 1.82) is 0 Å². The molecule has 0 aliphatic rings. The Morgan fingerprint density at radius 3 is 2.68 bits per heavy atom. The van der Waals surface area contributed by atoms with Gasteiger partial charge in [-0.05, 0) is 42.2 Å². The van der Waals surface area contributed by atoms with E-state index in [0.29, 0.717) is 5.82 Å². The van der Waals surface area contributed by atoms with Gasteiger partial charge in [-0.25, -0.2) is 4.98 Å². The van der Waals surface area contributed by atoms with E-state index in [4.69, 9.17) is 23.2 Å². The Labute approximate surface area is 117 Å². The minimum absolute atomic E-state index is 0.0988. The van der Waals surface area contributed by atoms with E-state index in [9.17, 15) is 0 Å². The average molecular weight is 277 g/mol. The molecule has 1 unspecified atom stereocenters. The molecule has 4 nitrogen and oxygen atoms in total. The number of halogens is 1. The second-order valence-corrected chi connectivity index (χ2v) is 4.86. The molecule has 0 amide bonds. The average Bonchev–Trinajstić information content (AvgIpc) is 2.40. The molecule has 2 aromatic rings. The summed E-state index contributed by atoms with van der Waals surface area (Å²) in [6.07, 6.45) is 3.24. The number of hydrogen-bond donors (Lipinski definition) is 3. The van der Waals surface area contributed by atoms with Crippen molar-refractivity contribution in [2.45, 2.75) is 18.9 Å². The molecule has 0 radical (unpaired) electrons. The van der Waals surface area contributed by atoms with Crippen LogP contribution < -0.4 is 17.0 Å². The zero-order chi connectivity index (χ0) is 13.7. The molecule has 1 aromatic heterocycles. The summed E-state index contributed by atoms with van der Waals surface area (Å²) in [6, 6.07) is 11.7. The predicted octanol–water partition coefficient (Wildman–Crippen LogP) is 1.93. The van der Waals surface area contributed by atoms with E-state index in [2.05, 4.69) is 10.4 Å². The number of aromatic nitrogens is 1. The number of nitrogens with zero attached hydrogens (tertiary/aromatic N) is 1. The van der Waals surface area contributed by atoms with Gasteiger partial charge in [-0.2, -0.15) is 0 Å². The minimum atomic E-state index is 0.0988. The highest BCUT2D eigenvalue weighted by atomic mass is 35.5. The Balaban J connectivity index is 2.07. The largest absolute Gasteiger partial charge is 0.384 e. The molecule has 0 bridgehead atoms. The fourth-order valence-electron chi connectivity index (χ4n) is 2.03. The topological polar surface area (TPSA) is 77.0 Å². The first-order chi connectivity index (χ1) is 9.19. The first-order valence-corrected chi connectivity index (χ1v) is 6.47. The molecule has 100 valence electrons. The molecule has 1 atom stereocenters. The number of anilines is 1. The molecule has 0 aliphatic carbocycles. The molecule has 1 aromatic carbocycles. The zero-order valence-corrected chi connectivity index (χ0v) is 11.3. The second-order valence-electron chi connectivity index (χ2n) is 4.45. The summed E-state index contributed by atoms with van der Waals surface area (Å²) < 4.78 is 0.